The van der Waals surface area contributed by atoms with E-state index in [4.69, 9.17) is 5.26 Å². The van der Waals surface area contributed by atoms with E-state index in [0.29, 0.717) is 11.8 Å². The first-order valence-electron chi connectivity index (χ1n) is 5.25. The van der Waals surface area contributed by atoms with Crippen LogP contribution in [0.4, 0.5) is 0 Å². The predicted molar refractivity (Wildman–Crippen MR) is 54.7 cm³/mol. The zero-order chi connectivity index (χ0) is 10.6. The first kappa shape index (κ1) is 11.2. The van der Waals surface area contributed by atoms with Gasteiger partial charge in [0.25, 0.3) is 0 Å². The Labute approximate surface area is 85.7 Å². The number of rotatable bonds is 3. The first-order chi connectivity index (χ1) is 6.63. The van der Waals surface area contributed by atoms with E-state index in [2.05, 4.69) is 11.0 Å². The second-order valence-corrected chi connectivity index (χ2v) is 4.24. The van der Waals surface area contributed by atoms with Gasteiger partial charge in [-0.2, -0.15) is 5.26 Å². The number of ketones is 1. The predicted octanol–water partition coefficient (Wildman–Crippen LogP) is 1.59. The molecule has 1 unspecified atom stereocenters. The van der Waals surface area contributed by atoms with Crippen molar-refractivity contribution in [1.82, 2.24) is 4.90 Å². The molecule has 3 nitrogen and oxygen atoms in total. The number of nitriles is 1. The number of Topliss-reactive ketones (excluding diaryl/α,β-unsaturated/α-hetero) is 1. The van der Waals surface area contributed by atoms with Gasteiger partial charge >= 0.3 is 0 Å². The summed E-state index contributed by atoms with van der Waals surface area (Å²) < 4.78 is 0. The van der Waals surface area contributed by atoms with Gasteiger partial charge in [0, 0.05) is 25.4 Å². The Hall–Kier alpha value is -0.880. The molecular formula is C11H18N2O. The lowest BCUT2D eigenvalue weighted by atomic mass is 9.93. The minimum atomic E-state index is 0.0811. The fourth-order valence-electron chi connectivity index (χ4n) is 1.99. The van der Waals surface area contributed by atoms with E-state index >= 15 is 0 Å². The standard InChI is InChI=1S/C11H18N2O/c1-9(7-12)8-13(2)10-3-5-11(14)6-4-10/h9-10H,3-6,8H2,1-2H3. The van der Waals surface area contributed by atoms with E-state index in [9.17, 15) is 4.79 Å². The summed E-state index contributed by atoms with van der Waals surface area (Å²) in [5, 5.41) is 8.69. The molecule has 0 saturated heterocycles. The van der Waals surface area contributed by atoms with Gasteiger partial charge in [0.15, 0.2) is 0 Å². The molecule has 1 fully saturated rings. The van der Waals surface area contributed by atoms with Gasteiger partial charge in [-0.05, 0) is 26.8 Å². The molecule has 0 aromatic carbocycles. The van der Waals surface area contributed by atoms with Crippen LogP contribution in [0.5, 0.6) is 0 Å². The quantitative estimate of drug-likeness (QED) is 0.685. The highest BCUT2D eigenvalue weighted by molar-refractivity contribution is 5.79. The van der Waals surface area contributed by atoms with Crippen LogP contribution in [0.2, 0.25) is 0 Å². The SMILES string of the molecule is CC(C#N)CN(C)C1CCC(=O)CC1. The zero-order valence-corrected chi connectivity index (χ0v) is 8.99. The molecule has 1 aliphatic carbocycles. The van der Waals surface area contributed by atoms with Gasteiger partial charge in [0.05, 0.1) is 12.0 Å². The van der Waals surface area contributed by atoms with E-state index in [-0.39, 0.29) is 5.92 Å². The van der Waals surface area contributed by atoms with Gasteiger partial charge in [0.1, 0.15) is 5.78 Å². The molecular weight excluding hydrogens is 176 g/mol. The Morgan fingerprint density at radius 2 is 2.14 bits per heavy atom. The summed E-state index contributed by atoms with van der Waals surface area (Å²) in [6, 6.07) is 2.74. The Balaban J connectivity index is 2.34. The topological polar surface area (TPSA) is 44.1 Å². The summed E-state index contributed by atoms with van der Waals surface area (Å²) in [6.45, 7) is 2.75. The maximum Gasteiger partial charge on any atom is 0.133 e. The van der Waals surface area contributed by atoms with Crippen LogP contribution in [-0.4, -0.2) is 30.3 Å². The molecule has 0 amide bonds. The summed E-state index contributed by atoms with van der Waals surface area (Å²) in [5.74, 6) is 0.473. The molecule has 0 radical (unpaired) electrons. The van der Waals surface area contributed by atoms with E-state index in [1.807, 2.05) is 14.0 Å². The highest BCUT2D eigenvalue weighted by Gasteiger charge is 2.22. The number of nitrogens with zero attached hydrogens (tertiary/aromatic N) is 2. The molecule has 1 atom stereocenters. The average Bonchev–Trinajstić information content (AvgIpc) is 2.18. The van der Waals surface area contributed by atoms with Crippen molar-refractivity contribution in [2.75, 3.05) is 13.6 Å². The van der Waals surface area contributed by atoms with Crippen molar-refractivity contribution in [2.24, 2.45) is 5.92 Å². The molecule has 0 bridgehead atoms. The maximum absolute atomic E-state index is 11.0. The summed E-state index contributed by atoms with van der Waals surface area (Å²) in [4.78, 5) is 13.3. The molecule has 1 saturated carbocycles. The largest absolute Gasteiger partial charge is 0.302 e. The fraction of sp³-hybridized carbons (Fsp3) is 0.818. The number of hydrogen-bond acceptors (Lipinski definition) is 3. The smallest absolute Gasteiger partial charge is 0.133 e. The third-order valence-corrected chi connectivity index (χ3v) is 2.92. The Morgan fingerprint density at radius 1 is 1.57 bits per heavy atom. The number of carbonyl (C=O) groups is 1. The van der Waals surface area contributed by atoms with Gasteiger partial charge in [-0.15, -0.1) is 0 Å². The minimum Gasteiger partial charge on any atom is -0.302 e. The van der Waals surface area contributed by atoms with Gasteiger partial charge < -0.3 is 4.90 Å². The normalized spacial score (nSPS) is 20.9. The van der Waals surface area contributed by atoms with E-state index in [1.165, 1.54) is 0 Å². The van der Waals surface area contributed by atoms with E-state index in [1.54, 1.807) is 0 Å². The summed E-state index contributed by atoms with van der Waals surface area (Å²) in [6.07, 6.45) is 3.37. The minimum absolute atomic E-state index is 0.0811. The molecule has 0 N–H and O–H groups in total. The average molecular weight is 194 g/mol. The van der Waals surface area contributed by atoms with Crippen LogP contribution in [0.15, 0.2) is 0 Å². The molecule has 0 aliphatic heterocycles. The van der Waals surface area contributed by atoms with Crippen molar-refractivity contribution in [3.8, 4) is 6.07 Å². The van der Waals surface area contributed by atoms with Crippen LogP contribution in [0.1, 0.15) is 32.6 Å². The van der Waals surface area contributed by atoms with Crippen LogP contribution in [-0.2, 0) is 4.79 Å². The molecule has 0 heterocycles. The van der Waals surface area contributed by atoms with Gasteiger partial charge in [-0.1, -0.05) is 0 Å². The molecule has 78 valence electrons. The Morgan fingerprint density at radius 3 is 2.64 bits per heavy atom. The summed E-state index contributed by atoms with van der Waals surface area (Å²) in [5.41, 5.74) is 0. The Kier molecular flexibility index (Phi) is 4.09. The molecule has 0 aromatic rings. The Bertz CT molecular complexity index is 234. The molecule has 0 aromatic heterocycles. The number of hydrogen-bond donors (Lipinski definition) is 0. The van der Waals surface area contributed by atoms with Crippen LogP contribution in [0.25, 0.3) is 0 Å². The monoisotopic (exact) mass is 194 g/mol. The van der Waals surface area contributed by atoms with Crippen molar-refractivity contribution in [3.05, 3.63) is 0 Å². The number of carbonyl (C=O) groups excluding carboxylic acids is 1. The summed E-state index contributed by atoms with van der Waals surface area (Å²) in [7, 11) is 2.05. The van der Waals surface area contributed by atoms with Crippen LogP contribution in [0.3, 0.4) is 0 Å². The van der Waals surface area contributed by atoms with Crippen LogP contribution in [0, 0.1) is 17.2 Å². The third kappa shape index (κ3) is 3.12. The van der Waals surface area contributed by atoms with Gasteiger partial charge in [-0.3, -0.25) is 4.79 Å². The molecule has 1 aliphatic rings. The van der Waals surface area contributed by atoms with Crippen molar-refractivity contribution in [1.29, 1.82) is 5.26 Å². The van der Waals surface area contributed by atoms with Crippen LogP contribution >= 0.6 is 0 Å². The zero-order valence-electron chi connectivity index (χ0n) is 8.99. The second kappa shape index (κ2) is 5.11. The fourth-order valence-corrected chi connectivity index (χ4v) is 1.99. The van der Waals surface area contributed by atoms with E-state index in [0.717, 1.165) is 32.2 Å². The highest BCUT2D eigenvalue weighted by atomic mass is 16.1. The van der Waals surface area contributed by atoms with Crippen molar-refractivity contribution in [3.63, 3.8) is 0 Å². The molecule has 14 heavy (non-hydrogen) atoms. The van der Waals surface area contributed by atoms with Crippen LogP contribution < -0.4 is 0 Å². The van der Waals surface area contributed by atoms with Crippen molar-refractivity contribution < 1.29 is 4.79 Å². The first-order valence-corrected chi connectivity index (χ1v) is 5.25. The van der Waals surface area contributed by atoms with E-state index < -0.39 is 0 Å². The second-order valence-electron chi connectivity index (χ2n) is 4.24. The third-order valence-electron chi connectivity index (χ3n) is 2.92. The lowest BCUT2D eigenvalue weighted by Gasteiger charge is -2.31. The summed E-state index contributed by atoms with van der Waals surface area (Å²) >= 11 is 0. The lowest BCUT2D eigenvalue weighted by molar-refractivity contribution is -0.121. The molecule has 0 spiro atoms. The van der Waals surface area contributed by atoms with Crippen molar-refractivity contribution >= 4 is 5.78 Å². The van der Waals surface area contributed by atoms with Crippen molar-refractivity contribution in [2.45, 2.75) is 38.6 Å². The highest BCUT2D eigenvalue weighted by Crippen LogP contribution is 2.19. The molecule has 3 heteroatoms. The van der Waals surface area contributed by atoms with Gasteiger partial charge in [0.2, 0.25) is 0 Å². The van der Waals surface area contributed by atoms with Gasteiger partial charge in [-0.25, -0.2) is 0 Å². The maximum atomic E-state index is 11.0. The molecule has 1 rings (SSSR count). The lowest BCUT2D eigenvalue weighted by Crippen LogP contribution is -2.37.